The van der Waals surface area contributed by atoms with Crippen molar-refractivity contribution in [3.63, 3.8) is 0 Å². The zero-order valence-electron chi connectivity index (χ0n) is 6.98. The molecule has 1 aromatic rings. The monoisotopic (exact) mass is 222 g/mol. The van der Waals surface area contributed by atoms with Crippen molar-refractivity contribution in [3.05, 3.63) is 29.0 Å². The van der Waals surface area contributed by atoms with Crippen LogP contribution in [0.25, 0.3) is 0 Å². The van der Waals surface area contributed by atoms with E-state index in [4.69, 9.17) is 22.4 Å². The van der Waals surface area contributed by atoms with Crippen LogP contribution in [0.2, 0.25) is 5.15 Å². The molecular formula is C8H12Cl2N2O. The number of pyridine rings is 1. The van der Waals surface area contributed by atoms with Crippen molar-refractivity contribution in [2.75, 3.05) is 6.61 Å². The molecule has 13 heavy (non-hydrogen) atoms. The predicted octanol–water partition coefficient (Wildman–Crippen LogP) is 1.02. The van der Waals surface area contributed by atoms with Gasteiger partial charge in [0.1, 0.15) is 5.15 Å². The first-order valence-electron chi connectivity index (χ1n) is 3.70. The number of nitrogens with two attached hydrogens (primary N) is 1. The van der Waals surface area contributed by atoms with Crippen LogP contribution in [0.4, 0.5) is 0 Å². The molecule has 0 amide bonds. The highest BCUT2D eigenvalue weighted by atomic mass is 35.5. The molecule has 1 heterocycles. The van der Waals surface area contributed by atoms with E-state index in [1.165, 1.54) is 0 Å². The van der Waals surface area contributed by atoms with E-state index in [0.29, 0.717) is 11.6 Å². The van der Waals surface area contributed by atoms with Crippen LogP contribution in [0.1, 0.15) is 5.56 Å². The molecule has 0 aliphatic carbocycles. The van der Waals surface area contributed by atoms with Gasteiger partial charge in [0.25, 0.3) is 0 Å². The third-order valence-electron chi connectivity index (χ3n) is 1.55. The topological polar surface area (TPSA) is 59.1 Å². The minimum Gasteiger partial charge on any atom is -0.395 e. The molecule has 0 radical (unpaired) electrons. The fourth-order valence-electron chi connectivity index (χ4n) is 0.919. The molecule has 0 aliphatic heterocycles. The summed E-state index contributed by atoms with van der Waals surface area (Å²) in [5.74, 6) is 0. The lowest BCUT2D eigenvalue weighted by molar-refractivity contribution is 0.265. The molecular weight excluding hydrogens is 211 g/mol. The lowest BCUT2D eigenvalue weighted by atomic mass is 10.1. The van der Waals surface area contributed by atoms with E-state index >= 15 is 0 Å². The summed E-state index contributed by atoms with van der Waals surface area (Å²) in [5.41, 5.74) is 6.41. The molecule has 0 spiro atoms. The van der Waals surface area contributed by atoms with Crippen molar-refractivity contribution < 1.29 is 5.11 Å². The summed E-state index contributed by atoms with van der Waals surface area (Å²) in [4.78, 5) is 3.89. The highest BCUT2D eigenvalue weighted by Crippen LogP contribution is 2.12. The van der Waals surface area contributed by atoms with Crippen molar-refractivity contribution in [3.8, 4) is 0 Å². The van der Waals surface area contributed by atoms with E-state index in [2.05, 4.69) is 4.98 Å². The van der Waals surface area contributed by atoms with Crippen LogP contribution in [0, 0.1) is 0 Å². The number of hydrogen-bond donors (Lipinski definition) is 2. The van der Waals surface area contributed by atoms with Crippen LogP contribution in [0.3, 0.4) is 0 Å². The molecule has 0 saturated carbocycles. The number of aliphatic hydroxyl groups is 1. The summed E-state index contributed by atoms with van der Waals surface area (Å²) in [7, 11) is 0. The Bertz CT molecular complexity index is 258. The SMILES string of the molecule is Cl.NC(CO)Cc1cccnc1Cl. The van der Waals surface area contributed by atoms with Gasteiger partial charge in [-0.1, -0.05) is 17.7 Å². The molecule has 0 saturated heterocycles. The number of halogens is 2. The summed E-state index contributed by atoms with van der Waals surface area (Å²) in [6.07, 6.45) is 2.18. The average Bonchev–Trinajstić information content (AvgIpc) is 2.09. The second-order valence-corrected chi connectivity index (χ2v) is 2.96. The van der Waals surface area contributed by atoms with Gasteiger partial charge in [-0.15, -0.1) is 12.4 Å². The maximum Gasteiger partial charge on any atom is 0.132 e. The van der Waals surface area contributed by atoms with Crippen LogP contribution >= 0.6 is 24.0 Å². The lowest BCUT2D eigenvalue weighted by Crippen LogP contribution is -2.26. The Labute approximate surface area is 88.3 Å². The molecule has 3 nitrogen and oxygen atoms in total. The third kappa shape index (κ3) is 3.91. The Balaban J connectivity index is 0.00000144. The molecule has 5 heteroatoms. The molecule has 1 aromatic heterocycles. The van der Waals surface area contributed by atoms with Crippen molar-refractivity contribution in [1.82, 2.24) is 4.98 Å². The van der Waals surface area contributed by atoms with Crippen LogP contribution in [-0.4, -0.2) is 22.7 Å². The van der Waals surface area contributed by atoms with Gasteiger partial charge in [0.15, 0.2) is 0 Å². The Hall–Kier alpha value is -0.350. The normalized spacial score (nSPS) is 11.9. The van der Waals surface area contributed by atoms with Gasteiger partial charge in [-0.2, -0.15) is 0 Å². The second-order valence-electron chi connectivity index (χ2n) is 2.60. The number of rotatable bonds is 3. The number of aromatic nitrogens is 1. The zero-order valence-corrected chi connectivity index (χ0v) is 8.55. The summed E-state index contributed by atoms with van der Waals surface area (Å²) in [6.45, 7) is -0.0365. The van der Waals surface area contributed by atoms with Crippen LogP contribution in [-0.2, 0) is 6.42 Å². The average molecular weight is 223 g/mol. The summed E-state index contributed by atoms with van der Waals surface area (Å²) >= 11 is 5.78. The maximum atomic E-state index is 8.70. The molecule has 1 unspecified atom stereocenters. The van der Waals surface area contributed by atoms with Crippen LogP contribution in [0.5, 0.6) is 0 Å². The second kappa shape index (κ2) is 6.16. The molecule has 3 N–H and O–H groups in total. The molecule has 0 aromatic carbocycles. The third-order valence-corrected chi connectivity index (χ3v) is 1.89. The van der Waals surface area contributed by atoms with E-state index in [0.717, 1.165) is 5.56 Å². The van der Waals surface area contributed by atoms with E-state index in [-0.39, 0.29) is 25.1 Å². The first kappa shape index (κ1) is 12.7. The Morgan fingerprint density at radius 3 is 2.85 bits per heavy atom. The molecule has 0 bridgehead atoms. The van der Waals surface area contributed by atoms with Gasteiger partial charge >= 0.3 is 0 Å². The van der Waals surface area contributed by atoms with Crippen molar-refractivity contribution in [2.24, 2.45) is 5.73 Å². The van der Waals surface area contributed by atoms with Gasteiger partial charge in [0.05, 0.1) is 6.61 Å². The molecule has 74 valence electrons. The van der Waals surface area contributed by atoms with E-state index in [1.54, 1.807) is 12.3 Å². The zero-order chi connectivity index (χ0) is 8.97. The fourth-order valence-corrected chi connectivity index (χ4v) is 1.12. The quantitative estimate of drug-likeness (QED) is 0.752. The van der Waals surface area contributed by atoms with Gasteiger partial charge in [0.2, 0.25) is 0 Å². The van der Waals surface area contributed by atoms with Gasteiger partial charge in [-0.05, 0) is 18.1 Å². The highest BCUT2D eigenvalue weighted by molar-refractivity contribution is 6.30. The van der Waals surface area contributed by atoms with Crippen molar-refractivity contribution >= 4 is 24.0 Å². The first-order valence-corrected chi connectivity index (χ1v) is 4.07. The summed E-state index contributed by atoms with van der Waals surface area (Å²) < 4.78 is 0. The minimum atomic E-state index is -0.258. The smallest absolute Gasteiger partial charge is 0.132 e. The first-order chi connectivity index (χ1) is 5.74. The molecule has 0 aliphatic rings. The van der Waals surface area contributed by atoms with Gasteiger partial charge in [-0.25, -0.2) is 4.98 Å². The Morgan fingerprint density at radius 1 is 1.62 bits per heavy atom. The largest absolute Gasteiger partial charge is 0.395 e. The highest BCUT2D eigenvalue weighted by Gasteiger charge is 2.05. The van der Waals surface area contributed by atoms with E-state index < -0.39 is 0 Å². The lowest BCUT2D eigenvalue weighted by Gasteiger charge is -2.07. The van der Waals surface area contributed by atoms with Crippen LogP contribution < -0.4 is 5.73 Å². The molecule has 0 fully saturated rings. The van der Waals surface area contributed by atoms with Crippen LogP contribution in [0.15, 0.2) is 18.3 Å². The van der Waals surface area contributed by atoms with E-state index in [1.807, 2.05) is 6.07 Å². The van der Waals surface area contributed by atoms with Gasteiger partial charge < -0.3 is 10.8 Å². The number of hydrogen-bond acceptors (Lipinski definition) is 3. The van der Waals surface area contributed by atoms with Gasteiger partial charge in [0, 0.05) is 12.2 Å². The van der Waals surface area contributed by atoms with Crippen molar-refractivity contribution in [1.29, 1.82) is 0 Å². The summed E-state index contributed by atoms with van der Waals surface area (Å²) in [6, 6.07) is 3.39. The van der Waals surface area contributed by atoms with Gasteiger partial charge in [-0.3, -0.25) is 0 Å². The van der Waals surface area contributed by atoms with E-state index in [9.17, 15) is 0 Å². The molecule has 1 rings (SSSR count). The Kier molecular flexibility index (Phi) is 5.99. The predicted molar refractivity (Wildman–Crippen MR) is 55.3 cm³/mol. The Morgan fingerprint density at radius 2 is 2.31 bits per heavy atom. The summed E-state index contributed by atoms with van der Waals surface area (Å²) in [5, 5.41) is 9.16. The molecule has 1 atom stereocenters. The minimum absolute atomic E-state index is 0. The standard InChI is InChI=1S/C8H11ClN2O.ClH/c9-8-6(2-1-3-11-8)4-7(10)5-12;/h1-3,7,12H,4-5,10H2;1H. The fraction of sp³-hybridized carbons (Fsp3) is 0.375. The maximum absolute atomic E-state index is 8.70. The number of nitrogens with zero attached hydrogens (tertiary/aromatic N) is 1. The van der Waals surface area contributed by atoms with Crippen molar-refractivity contribution in [2.45, 2.75) is 12.5 Å². The number of aliphatic hydroxyl groups excluding tert-OH is 1.